The zero-order chi connectivity index (χ0) is 21.4. The van der Waals surface area contributed by atoms with Crippen LogP contribution in [-0.2, 0) is 4.79 Å². The van der Waals surface area contributed by atoms with E-state index < -0.39 is 5.82 Å². The number of halogens is 3. The van der Waals surface area contributed by atoms with Crippen molar-refractivity contribution in [2.75, 3.05) is 31.1 Å². The van der Waals surface area contributed by atoms with Crippen molar-refractivity contribution in [3.8, 4) is 11.1 Å². The van der Waals surface area contributed by atoms with Crippen LogP contribution >= 0.6 is 23.2 Å². The van der Waals surface area contributed by atoms with Gasteiger partial charge >= 0.3 is 0 Å². The third kappa shape index (κ3) is 3.50. The van der Waals surface area contributed by atoms with Crippen LogP contribution in [0.5, 0.6) is 0 Å². The van der Waals surface area contributed by atoms with Crippen LogP contribution in [0.15, 0.2) is 43.2 Å². The molecule has 2 aromatic carbocycles. The lowest BCUT2D eigenvalue weighted by Crippen LogP contribution is -2.48. The number of aromatic nitrogens is 2. The van der Waals surface area contributed by atoms with Gasteiger partial charge in [0.05, 0.1) is 5.02 Å². The second kappa shape index (κ2) is 8.20. The van der Waals surface area contributed by atoms with Crippen molar-refractivity contribution in [1.29, 1.82) is 0 Å². The number of amides is 1. The van der Waals surface area contributed by atoms with E-state index in [1.807, 2.05) is 24.0 Å². The number of hydrogen-bond acceptors (Lipinski definition) is 4. The normalized spacial score (nSPS) is 14.3. The summed E-state index contributed by atoms with van der Waals surface area (Å²) in [5.74, 6) is -0.0391. The average molecular weight is 445 g/mol. The molecule has 154 valence electrons. The van der Waals surface area contributed by atoms with Crippen LogP contribution in [0.1, 0.15) is 5.56 Å². The standard InChI is InChI=1S/C22H19Cl2FN4O/c1-3-17(30)28-7-9-29(10-8-28)22-14-11-16(24)19(20(25)21(14)26-12-27-22)18-13(2)5-4-6-15(18)23/h3-6,11-12H,1,7-10H2,2H3. The summed E-state index contributed by atoms with van der Waals surface area (Å²) in [5.41, 5.74) is 1.79. The van der Waals surface area contributed by atoms with E-state index in [1.165, 1.54) is 12.4 Å². The lowest BCUT2D eigenvalue weighted by atomic mass is 9.98. The maximum absolute atomic E-state index is 15.6. The molecule has 3 aromatic rings. The van der Waals surface area contributed by atoms with Gasteiger partial charge in [-0.05, 0) is 30.7 Å². The van der Waals surface area contributed by atoms with Crippen molar-refractivity contribution in [2.24, 2.45) is 0 Å². The van der Waals surface area contributed by atoms with Crippen molar-refractivity contribution in [1.82, 2.24) is 14.9 Å². The quantitative estimate of drug-likeness (QED) is 0.539. The summed E-state index contributed by atoms with van der Waals surface area (Å²) in [7, 11) is 0. The van der Waals surface area contributed by atoms with E-state index in [1.54, 1.807) is 17.0 Å². The van der Waals surface area contributed by atoms with Crippen LogP contribution in [0.3, 0.4) is 0 Å². The minimum atomic E-state index is -0.530. The molecule has 1 amide bonds. The molecule has 4 rings (SSSR count). The van der Waals surface area contributed by atoms with E-state index in [-0.39, 0.29) is 22.0 Å². The van der Waals surface area contributed by atoms with Gasteiger partial charge in [0, 0.05) is 47.7 Å². The average Bonchev–Trinajstić information content (AvgIpc) is 2.75. The molecule has 1 saturated heterocycles. The molecule has 30 heavy (non-hydrogen) atoms. The molecule has 0 N–H and O–H groups in total. The molecule has 0 spiro atoms. The molecule has 1 aliphatic rings. The Bertz CT molecular complexity index is 1140. The second-order valence-electron chi connectivity index (χ2n) is 7.09. The molecule has 1 aromatic heterocycles. The lowest BCUT2D eigenvalue weighted by Gasteiger charge is -2.35. The highest BCUT2D eigenvalue weighted by atomic mass is 35.5. The Hall–Kier alpha value is -2.70. The van der Waals surface area contributed by atoms with E-state index in [4.69, 9.17) is 23.2 Å². The molecule has 0 bridgehead atoms. The maximum atomic E-state index is 15.6. The van der Waals surface area contributed by atoms with Gasteiger partial charge in [0.25, 0.3) is 0 Å². The Labute approximate surface area is 183 Å². The molecule has 0 saturated carbocycles. The van der Waals surface area contributed by atoms with Crippen molar-refractivity contribution >= 4 is 45.8 Å². The minimum absolute atomic E-state index is 0.101. The number of carbonyl (C=O) groups is 1. The van der Waals surface area contributed by atoms with E-state index in [0.717, 1.165) is 5.56 Å². The summed E-state index contributed by atoms with van der Waals surface area (Å²) in [6.07, 6.45) is 2.66. The molecule has 0 aliphatic carbocycles. The summed E-state index contributed by atoms with van der Waals surface area (Å²) in [4.78, 5) is 24.1. The highest BCUT2D eigenvalue weighted by Gasteiger charge is 2.25. The number of carbonyl (C=O) groups excluding carboxylic acids is 1. The summed E-state index contributed by atoms with van der Waals surface area (Å²) in [6, 6.07) is 7.07. The SMILES string of the molecule is C=CC(=O)N1CCN(c2ncnc3c(F)c(-c4c(C)cccc4Cl)c(Cl)cc23)CC1. The molecule has 1 aliphatic heterocycles. The van der Waals surface area contributed by atoms with Gasteiger partial charge in [0.2, 0.25) is 5.91 Å². The number of anilines is 1. The third-order valence-electron chi connectivity index (χ3n) is 5.34. The minimum Gasteiger partial charge on any atom is -0.352 e. The fourth-order valence-corrected chi connectivity index (χ4v) is 4.42. The topological polar surface area (TPSA) is 49.3 Å². The van der Waals surface area contributed by atoms with Crippen LogP contribution in [0.4, 0.5) is 10.2 Å². The largest absolute Gasteiger partial charge is 0.352 e. The van der Waals surface area contributed by atoms with Crippen LogP contribution in [0.2, 0.25) is 10.0 Å². The fraction of sp³-hybridized carbons (Fsp3) is 0.227. The number of nitrogens with zero attached hydrogens (tertiary/aromatic N) is 4. The van der Waals surface area contributed by atoms with Gasteiger partial charge in [-0.25, -0.2) is 14.4 Å². The highest BCUT2D eigenvalue weighted by molar-refractivity contribution is 6.37. The Morgan fingerprint density at radius 2 is 1.87 bits per heavy atom. The molecule has 8 heteroatoms. The molecule has 0 unspecified atom stereocenters. The molecular weight excluding hydrogens is 426 g/mol. The van der Waals surface area contributed by atoms with Crippen LogP contribution < -0.4 is 4.90 Å². The van der Waals surface area contributed by atoms with Crippen molar-refractivity contribution < 1.29 is 9.18 Å². The lowest BCUT2D eigenvalue weighted by molar-refractivity contribution is -0.126. The first-order chi connectivity index (χ1) is 14.4. The highest BCUT2D eigenvalue weighted by Crippen LogP contribution is 2.41. The zero-order valence-corrected chi connectivity index (χ0v) is 17.8. The van der Waals surface area contributed by atoms with Gasteiger partial charge in [-0.15, -0.1) is 0 Å². The van der Waals surface area contributed by atoms with E-state index in [9.17, 15) is 4.79 Å². The molecule has 5 nitrogen and oxygen atoms in total. The Kier molecular flexibility index (Phi) is 5.62. The van der Waals surface area contributed by atoms with E-state index in [0.29, 0.717) is 48.0 Å². The first kappa shape index (κ1) is 20.6. The monoisotopic (exact) mass is 444 g/mol. The number of aryl methyl sites for hydroxylation is 1. The summed E-state index contributed by atoms with van der Waals surface area (Å²) in [5, 5.41) is 1.19. The third-order valence-corrected chi connectivity index (χ3v) is 5.95. The Morgan fingerprint density at radius 3 is 2.53 bits per heavy atom. The number of hydrogen-bond donors (Lipinski definition) is 0. The molecule has 1 fully saturated rings. The fourth-order valence-electron chi connectivity index (χ4n) is 3.81. The Balaban J connectivity index is 1.79. The second-order valence-corrected chi connectivity index (χ2v) is 7.90. The number of rotatable bonds is 3. The maximum Gasteiger partial charge on any atom is 0.246 e. The van der Waals surface area contributed by atoms with Crippen molar-refractivity contribution in [3.05, 3.63) is 64.7 Å². The first-order valence-corrected chi connectivity index (χ1v) is 10.2. The number of fused-ring (bicyclic) bond motifs is 1. The van der Waals surface area contributed by atoms with E-state index in [2.05, 4.69) is 16.5 Å². The van der Waals surface area contributed by atoms with E-state index >= 15 is 4.39 Å². The van der Waals surface area contributed by atoms with Gasteiger partial charge in [0.15, 0.2) is 5.82 Å². The van der Waals surface area contributed by atoms with Gasteiger partial charge in [0.1, 0.15) is 17.7 Å². The van der Waals surface area contributed by atoms with Crippen LogP contribution in [0.25, 0.3) is 22.0 Å². The molecule has 2 heterocycles. The number of piperazine rings is 1. The summed E-state index contributed by atoms with van der Waals surface area (Å²) < 4.78 is 15.6. The summed E-state index contributed by atoms with van der Waals surface area (Å²) >= 11 is 12.9. The van der Waals surface area contributed by atoms with Crippen LogP contribution in [0, 0.1) is 12.7 Å². The molecule has 0 radical (unpaired) electrons. The first-order valence-electron chi connectivity index (χ1n) is 9.47. The van der Waals surface area contributed by atoms with Gasteiger partial charge in [-0.3, -0.25) is 4.79 Å². The smallest absolute Gasteiger partial charge is 0.246 e. The van der Waals surface area contributed by atoms with Gasteiger partial charge < -0.3 is 9.80 Å². The molecule has 0 atom stereocenters. The van der Waals surface area contributed by atoms with Gasteiger partial charge in [-0.1, -0.05) is 41.9 Å². The van der Waals surface area contributed by atoms with Crippen molar-refractivity contribution in [3.63, 3.8) is 0 Å². The Morgan fingerprint density at radius 1 is 1.13 bits per heavy atom. The van der Waals surface area contributed by atoms with Crippen LogP contribution in [-0.4, -0.2) is 47.0 Å². The summed E-state index contributed by atoms with van der Waals surface area (Å²) in [6.45, 7) is 7.58. The zero-order valence-electron chi connectivity index (χ0n) is 16.3. The van der Waals surface area contributed by atoms with Crippen molar-refractivity contribution in [2.45, 2.75) is 6.92 Å². The van der Waals surface area contributed by atoms with Gasteiger partial charge in [-0.2, -0.15) is 0 Å². The number of benzene rings is 2. The predicted octanol–water partition coefficient (Wildman–Crippen LogP) is 4.89. The predicted molar refractivity (Wildman–Crippen MR) is 119 cm³/mol. The molecular formula is C22H19Cl2FN4O.